The second-order valence-electron chi connectivity index (χ2n) is 5.19. The van der Waals surface area contributed by atoms with Gasteiger partial charge >= 0.3 is 0 Å². The van der Waals surface area contributed by atoms with Crippen LogP contribution in [0.5, 0.6) is 0 Å². The van der Waals surface area contributed by atoms with Crippen LogP contribution in [0.4, 0.5) is 5.69 Å². The van der Waals surface area contributed by atoms with Gasteiger partial charge in [0.1, 0.15) is 0 Å². The number of anilines is 1. The van der Waals surface area contributed by atoms with E-state index in [2.05, 4.69) is 33.4 Å². The number of hydrogen-bond donors (Lipinski definition) is 1. The molecule has 4 heteroatoms. The SMILES string of the molecule is Clc1cccc(C2CC(Nc3ccc(Cl)c(Br)c3)C2)c1. The highest BCUT2D eigenvalue weighted by molar-refractivity contribution is 9.10. The lowest BCUT2D eigenvalue weighted by Crippen LogP contribution is -2.33. The van der Waals surface area contributed by atoms with Crippen LogP contribution in [0.25, 0.3) is 0 Å². The molecule has 0 aliphatic heterocycles. The highest BCUT2D eigenvalue weighted by Gasteiger charge is 2.30. The maximum absolute atomic E-state index is 6.04. The van der Waals surface area contributed by atoms with E-state index in [4.69, 9.17) is 23.2 Å². The van der Waals surface area contributed by atoms with Crippen LogP contribution >= 0.6 is 39.1 Å². The van der Waals surface area contributed by atoms with E-state index in [1.165, 1.54) is 5.56 Å². The summed E-state index contributed by atoms with van der Waals surface area (Å²) in [6.07, 6.45) is 2.28. The fourth-order valence-electron chi connectivity index (χ4n) is 2.59. The zero-order valence-electron chi connectivity index (χ0n) is 10.7. The van der Waals surface area contributed by atoms with E-state index < -0.39 is 0 Å². The Morgan fingerprint density at radius 3 is 2.55 bits per heavy atom. The molecular weight excluding hydrogens is 357 g/mol. The third kappa shape index (κ3) is 3.13. The summed E-state index contributed by atoms with van der Waals surface area (Å²) >= 11 is 15.5. The van der Waals surface area contributed by atoms with Crippen molar-refractivity contribution in [2.45, 2.75) is 24.8 Å². The number of nitrogens with one attached hydrogen (secondary N) is 1. The molecule has 20 heavy (non-hydrogen) atoms. The van der Waals surface area contributed by atoms with Gasteiger partial charge in [0, 0.05) is 21.2 Å². The first kappa shape index (κ1) is 14.2. The molecule has 1 saturated carbocycles. The van der Waals surface area contributed by atoms with Gasteiger partial charge in [0.25, 0.3) is 0 Å². The molecule has 104 valence electrons. The molecule has 3 rings (SSSR count). The van der Waals surface area contributed by atoms with Crippen molar-refractivity contribution in [2.75, 3.05) is 5.32 Å². The number of benzene rings is 2. The Morgan fingerprint density at radius 2 is 1.85 bits per heavy atom. The van der Waals surface area contributed by atoms with Gasteiger partial charge in [0.15, 0.2) is 0 Å². The van der Waals surface area contributed by atoms with Crippen molar-refractivity contribution in [1.29, 1.82) is 0 Å². The van der Waals surface area contributed by atoms with Crippen LogP contribution in [0, 0.1) is 0 Å². The molecular formula is C16H14BrCl2N. The fourth-order valence-corrected chi connectivity index (χ4v) is 3.29. The molecule has 0 radical (unpaired) electrons. The molecule has 0 amide bonds. The first-order valence-electron chi connectivity index (χ1n) is 6.59. The summed E-state index contributed by atoms with van der Waals surface area (Å²) < 4.78 is 0.926. The lowest BCUT2D eigenvalue weighted by Gasteiger charge is -2.37. The van der Waals surface area contributed by atoms with E-state index in [1.54, 1.807) is 0 Å². The Kier molecular flexibility index (Phi) is 4.25. The molecule has 1 aliphatic carbocycles. The quantitative estimate of drug-likeness (QED) is 0.686. The summed E-state index contributed by atoms with van der Waals surface area (Å²) in [6, 6.07) is 14.6. The summed E-state index contributed by atoms with van der Waals surface area (Å²) in [5.41, 5.74) is 2.45. The first-order chi connectivity index (χ1) is 9.61. The Morgan fingerprint density at radius 1 is 1.05 bits per heavy atom. The van der Waals surface area contributed by atoms with Crippen molar-refractivity contribution in [2.24, 2.45) is 0 Å². The molecule has 0 aromatic heterocycles. The summed E-state index contributed by atoms with van der Waals surface area (Å²) in [7, 11) is 0. The van der Waals surface area contributed by atoms with Crippen LogP contribution in [0.3, 0.4) is 0 Å². The average Bonchev–Trinajstić information content (AvgIpc) is 2.37. The first-order valence-corrected chi connectivity index (χ1v) is 8.14. The lowest BCUT2D eigenvalue weighted by atomic mass is 9.76. The molecule has 0 spiro atoms. The molecule has 1 aliphatic rings. The fraction of sp³-hybridized carbons (Fsp3) is 0.250. The Balaban J connectivity index is 1.59. The van der Waals surface area contributed by atoms with E-state index in [0.717, 1.165) is 33.0 Å². The standard InChI is InChI=1S/C16H14BrCl2N/c17-15-9-13(4-5-16(15)19)20-14-7-11(8-14)10-2-1-3-12(18)6-10/h1-6,9,11,14,20H,7-8H2. The minimum absolute atomic E-state index is 0.520. The van der Waals surface area contributed by atoms with Gasteiger partial charge in [-0.3, -0.25) is 0 Å². The van der Waals surface area contributed by atoms with Crippen molar-refractivity contribution in [1.82, 2.24) is 0 Å². The van der Waals surface area contributed by atoms with Crippen molar-refractivity contribution in [3.8, 4) is 0 Å². The summed E-state index contributed by atoms with van der Waals surface area (Å²) in [6.45, 7) is 0. The van der Waals surface area contributed by atoms with Crippen LogP contribution < -0.4 is 5.32 Å². The van der Waals surface area contributed by atoms with Crippen molar-refractivity contribution < 1.29 is 0 Å². The molecule has 0 heterocycles. The zero-order valence-corrected chi connectivity index (χ0v) is 13.8. The van der Waals surface area contributed by atoms with Gasteiger partial charge < -0.3 is 5.32 Å². The number of rotatable bonds is 3. The molecule has 1 nitrogen and oxygen atoms in total. The molecule has 2 aromatic rings. The average molecular weight is 371 g/mol. The van der Waals surface area contributed by atoms with Crippen LogP contribution in [0.1, 0.15) is 24.3 Å². The maximum atomic E-state index is 6.04. The van der Waals surface area contributed by atoms with Gasteiger partial charge in [-0.1, -0.05) is 35.3 Å². The van der Waals surface area contributed by atoms with Crippen LogP contribution in [0.15, 0.2) is 46.9 Å². The molecule has 0 bridgehead atoms. The van der Waals surface area contributed by atoms with E-state index in [-0.39, 0.29) is 0 Å². The smallest absolute Gasteiger partial charge is 0.0549 e. The molecule has 0 unspecified atom stereocenters. The van der Waals surface area contributed by atoms with E-state index >= 15 is 0 Å². The lowest BCUT2D eigenvalue weighted by molar-refractivity contribution is 0.374. The predicted molar refractivity (Wildman–Crippen MR) is 90.0 cm³/mol. The topological polar surface area (TPSA) is 12.0 Å². The van der Waals surface area contributed by atoms with Gasteiger partial charge in [0.05, 0.1) is 5.02 Å². The predicted octanol–water partition coefficient (Wildman–Crippen LogP) is 6.11. The molecule has 1 N–H and O–H groups in total. The third-order valence-corrected chi connectivity index (χ3v) is 5.20. The Hall–Kier alpha value is -0.700. The molecule has 0 atom stereocenters. The van der Waals surface area contributed by atoms with Crippen LogP contribution in [-0.4, -0.2) is 6.04 Å². The highest BCUT2D eigenvalue weighted by atomic mass is 79.9. The minimum Gasteiger partial charge on any atom is -0.382 e. The van der Waals surface area contributed by atoms with Crippen molar-refractivity contribution in [3.05, 3.63) is 62.5 Å². The number of halogens is 3. The van der Waals surface area contributed by atoms with Gasteiger partial charge in [-0.15, -0.1) is 0 Å². The zero-order chi connectivity index (χ0) is 14.1. The van der Waals surface area contributed by atoms with Gasteiger partial charge in [0.2, 0.25) is 0 Å². The van der Waals surface area contributed by atoms with E-state index in [1.807, 2.05) is 30.3 Å². The van der Waals surface area contributed by atoms with Gasteiger partial charge in [-0.2, -0.15) is 0 Å². The third-order valence-electron chi connectivity index (χ3n) is 3.75. The second kappa shape index (κ2) is 5.97. The Labute approximate surface area is 137 Å². The minimum atomic E-state index is 0.520. The molecule has 0 saturated heterocycles. The molecule has 1 fully saturated rings. The number of hydrogen-bond acceptors (Lipinski definition) is 1. The molecule has 2 aromatic carbocycles. The highest BCUT2D eigenvalue weighted by Crippen LogP contribution is 2.39. The van der Waals surface area contributed by atoms with E-state index in [0.29, 0.717) is 12.0 Å². The second-order valence-corrected chi connectivity index (χ2v) is 6.89. The Bertz CT molecular complexity index is 624. The summed E-state index contributed by atoms with van der Waals surface area (Å²) in [5, 5.41) is 5.10. The monoisotopic (exact) mass is 369 g/mol. The van der Waals surface area contributed by atoms with Crippen molar-refractivity contribution in [3.63, 3.8) is 0 Å². The van der Waals surface area contributed by atoms with Gasteiger partial charge in [-0.05, 0) is 70.6 Å². The summed E-state index contributed by atoms with van der Waals surface area (Å²) in [4.78, 5) is 0. The van der Waals surface area contributed by atoms with E-state index in [9.17, 15) is 0 Å². The summed E-state index contributed by atoms with van der Waals surface area (Å²) in [5.74, 6) is 0.613. The normalized spacial score (nSPS) is 21.4. The van der Waals surface area contributed by atoms with Crippen LogP contribution in [-0.2, 0) is 0 Å². The van der Waals surface area contributed by atoms with Crippen molar-refractivity contribution >= 4 is 44.8 Å². The largest absolute Gasteiger partial charge is 0.382 e. The maximum Gasteiger partial charge on any atom is 0.0549 e. The van der Waals surface area contributed by atoms with Gasteiger partial charge in [-0.25, -0.2) is 0 Å². The van der Waals surface area contributed by atoms with Crippen LogP contribution in [0.2, 0.25) is 10.0 Å².